The molecule has 29 heavy (non-hydrogen) atoms. The SMILES string of the molecule is CCOC[C@@]12CCN(S(C)(=O)=O)C[C@@H]1CN(c1ccc(C#N)c(C(F)(F)F)c1)C2. The molecule has 1 aromatic rings. The van der Waals surface area contributed by atoms with Crippen LogP contribution >= 0.6 is 0 Å². The van der Waals surface area contributed by atoms with Crippen LogP contribution in [0.1, 0.15) is 24.5 Å². The topological polar surface area (TPSA) is 73.6 Å². The van der Waals surface area contributed by atoms with E-state index in [2.05, 4.69) is 0 Å². The minimum atomic E-state index is -4.62. The molecule has 0 bridgehead atoms. The first kappa shape index (κ1) is 21.9. The first-order valence-electron chi connectivity index (χ1n) is 9.39. The van der Waals surface area contributed by atoms with Crippen molar-refractivity contribution in [3.8, 4) is 6.07 Å². The van der Waals surface area contributed by atoms with Gasteiger partial charge >= 0.3 is 6.18 Å². The highest BCUT2D eigenvalue weighted by atomic mass is 32.2. The zero-order chi connectivity index (χ0) is 21.4. The molecule has 0 amide bonds. The molecule has 2 heterocycles. The molecule has 0 N–H and O–H groups in total. The third-order valence-electron chi connectivity index (χ3n) is 5.95. The number of alkyl halides is 3. The maximum atomic E-state index is 13.4. The van der Waals surface area contributed by atoms with Crippen LogP contribution in [-0.4, -0.2) is 58.4 Å². The molecule has 0 aliphatic carbocycles. The number of ether oxygens (including phenoxy) is 1. The number of rotatable bonds is 5. The summed E-state index contributed by atoms with van der Waals surface area (Å²) < 4.78 is 71.2. The van der Waals surface area contributed by atoms with Crippen LogP contribution in [0.2, 0.25) is 0 Å². The molecule has 0 radical (unpaired) electrons. The van der Waals surface area contributed by atoms with Gasteiger partial charge in [-0.05, 0) is 37.5 Å². The number of nitrogens with zero attached hydrogens (tertiary/aromatic N) is 3. The Morgan fingerprint density at radius 1 is 1.34 bits per heavy atom. The Kier molecular flexibility index (Phi) is 5.87. The Bertz CT molecular complexity index is 914. The van der Waals surface area contributed by atoms with Crippen molar-refractivity contribution in [1.29, 1.82) is 5.26 Å². The molecule has 2 aliphatic rings. The van der Waals surface area contributed by atoms with Gasteiger partial charge < -0.3 is 9.64 Å². The van der Waals surface area contributed by atoms with Crippen LogP contribution < -0.4 is 4.90 Å². The van der Waals surface area contributed by atoms with Gasteiger partial charge in [0.2, 0.25) is 10.0 Å². The van der Waals surface area contributed by atoms with Crippen molar-refractivity contribution in [1.82, 2.24) is 4.31 Å². The molecule has 0 saturated carbocycles. The molecular weight excluding hydrogens is 407 g/mol. The maximum Gasteiger partial charge on any atom is 0.417 e. The van der Waals surface area contributed by atoms with Crippen LogP contribution in [0.3, 0.4) is 0 Å². The van der Waals surface area contributed by atoms with Crippen LogP contribution in [0, 0.1) is 22.7 Å². The van der Waals surface area contributed by atoms with E-state index in [0.717, 1.165) is 6.07 Å². The second-order valence-electron chi connectivity index (χ2n) is 7.79. The zero-order valence-electron chi connectivity index (χ0n) is 16.4. The summed E-state index contributed by atoms with van der Waals surface area (Å²) in [5, 5.41) is 9.01. The lowest BCUT2D eigenvalue weighted by molar-refractivity contribution is -0.137. The first-order valence-corrected chi connectivity index (χ1v) is 11.2. The molecule has 1 aromatic carbocycles. The lowest BCUT2D eigenvalue weighted by atomic mass is 9.74. The number of sulfonamides is 1. The highest BCUT2D eigenvalue weighted by molar-refractivity contribution is 7.88. The normalized spacial score (nSPS) is 25.7. The zero-order valence-corrected chi connectivity index (χ0v) is 17.2. The van der Waals surface area contributed by atoms with Crippen LogP contribution in [-0.2, 0) is 20.9 Å². The monoisotopic (exact) mass is 431 g/mol. The predicted octanol–water partition coefficient (Wildman–Crippen LogP) is 2.70. The fourth-order valence-electron chi connectivity index (χ4n) is 4.35. The van der Waals surface area contributed by atoms with Gasteiger partial charge in [-0.25, -0.2) is 12.7 Å². The van der Waals surface area contributed by atoms with Gasteiger partial charge in [0.1, 0.15) is 0 Å². The number of hydrogen-bond donors (Lipinski definition) is 0. The van der Waals surface area contributed by atoms with E-state index < -0.39 is 27.3 Å². The maximum absolute atomic E-state index is 13.4. The summed E-state index contributed by atoms with van der Waals surface area (Å²) >= 11 is 0. The third kappa shape index (κ3) is 4.37. The van der Waals surface area contributed by atoms with Crippen molar-refractivity contribution < 1.29 is 26.3 Å². The smallest absolute Gasteiger partial charge is 0.381 e. The molecule has 3 rings (SSSR count). The van der Waals surface area contributed by atoms with Gasteiger partial charge in [-0.2, -0.15) is 18.4 Å². The Balaban J connectivity index is 1.92. The van der Waals surface area contributed by atoms with Crippen molar-refractivity contribution in [2.24, 2.45) is 11.3 Å². The Morgan fingerprint density at radius 3 is 2.66 bits per heavy atom. The highest BCUT2D eigenvalue weighted by Crippen LogP contribution is 2.46. The number of piperidine rings is 1. The third-order valence-corrected chi connectivity index (χ3v) is 7.22. The van der Waals surface area contributed by atoms with E-state index in [4.69, 9.17) is 10.00 Å². The van der Waals surface area contributed by atoms with Crippen molar-refractivity contribution in [3.63, 3.8) is 0 Å². The molecule has 160 valence electrons. The van der Waals surface area contributed by atoms with Gasteiger partial charge in [0, 0.05) is 43.9 Å². The summed E-state index contributed by atoms with van der Waals surface area (Å²) in [6.07, 6.45) is -2.86. The number of nitriles is 1. The lowest BCUT2D eigenvalue weighted by Crippen LogP contribution is -2.50. The van der Waals surface area contributed by atoms with Gasteiger partial charge in [0.05, 0.1) is 30.1 Å². The van der Waals surface area contributed by atoms with Gasteiger partial charge in [-0.3, -0.25) is 0 Å². The predicted molar refractivity (Wildman–Crippen MR) is 102 cm³/mol. The summed E-state index contributed by atoms with van der Waals surface area (Å²) in [6.45, 7) is 4.44. The minimum Gasteiger partial charge on any atom is -0.381 e. The lowest BCUT2D eigenvalue weighted by Gasteiger charge is -2.42. The van der Waals surface area contributed by atoms with E-state index in [0.29, 0.717) is 51.5 Å². The highest BCUT2D eigenvalue weighted by Gasteiger charge is 2.51. The molecule has 10 heteroatoms. The van der Waals surface area contributed by atoms with E-state index in [1.54, 1.807) is 6.07 Å². The summed E-state index contributed by atoms with van der Waals surface area (Å²) in [5.74, 6) is -0.0532. The molecule has 6 nitrogen and oxygen atoms in total. The van der Waals surface area contributed by atoms with E-state index in [-0.39, 0.29) is 11.3 Å². The second kappa shape index (κ2) is 7.78. The average Bonchev–Trinajstić information content (AvgIpc) is 3.03. The van der Waals surface area contributed by atoms with Gasteiger partial charge in [0.15, 0.2) is 0 Å². The summed E-state index contributed by atoms with van der Waals surface area (Å²) in [4.78, 5) is 1.85. The van der Waals surface area contributed by atoms with Crippen LogP contribution in [0.4, 0.5) is 18.9 Å². The van der Waals surface area contributed by atoms with Crippen LogP contribution in [0.25, 0.3) is 0 Å². The first-order chi connectivity index (χ1) is 13.5. The Labute approximate surface area is 168 Å². The number of benzene rings is 1. The van der Waals surface area contributed by atoms with E-state index in [1.165, 1.54) is 22.7 Å². The van der Waals surface area contributed by atoms with Crippen LogP contribution in [0.5, 0.6) is 0 Å². The molecular formula is C19H24F3N3O3S. The van der Waals surface area contributed by atoms with Crippen molar-refractivity contribution >= 4 is 15.7 Å². The number of fused-ring (bicyclic) bond motifs is 1. The van der Waals surface area contributed by atoms with Crippen molar-refractivity contribution in [3.05, 3.63) is 29.3 Å². The molecule has 2 saturated heterocycles. The fourth-order valence-corrected chi connectivity index (χ4v) is 5.23. The van der Waals surface area contributed by atoms with Crippen LogP contribution in [0.15, 0.2) is 18.2 Å². The van der Waals surface area contributed by atoms with E-state index >= 15 is 0 Å². The number of anilines is 1. The standard InChI is InChI=1S/C19H24F3N3O3S/c1-3-28-13-18-6-7-25(29(2,26)27)11-15(18)10-24(12-18)16-5-4-14(9-23)17(8-16)19(20,21)22/h4-5,8,15H,3,6-7,10-13H2,1-2H3/t15-,18-/m0/s1. The Morgan fingerprint density at radius 2 is 2.07 bits per heavy atom. The quantitative estimate of drug-likeness (QED) is 0.717. The fraction of sp³-hybridized carbons (Fsp3) is 0.632. The van der Waals surface area contributed by atoms with Gasteiger partial charge in [-0.1, -0.05) is 0 Å². The summed E-state index contributed by atoms with van der Waals surface area (Å²) in [5.41, 5.74) is -1.30. The number of hydrogen-bond acceptors (Lipinski definition) is 5. The van der Waals surface area contributed by atoms with Gasteiger partial charge in [0.25, 0.3) is 0 Å². The largest absolute Gasteiger partial charge is 0.417 e. The van der Waals surface area contributed by atoms with E-state index in [1.807, 2.05) is 11.8 Å². The molecule has 0 unspecified atom stereocenters. The molecule has 2 fully saturated rings. The Hall–Kier alpha value is -1.83. The number of halogens is 3. The van der Waals surface area contributed by atoms with Crippen molar-refractivity contribution in [2.45, 2.75) is 19.5 Å². The summed E-state index contributed by atoms with van der Waals surface area (Å²) in [7, 11) is -3.34. The second-order valence-corrected chi connectivity index (χ2v) is 9.77. The van der Waals surface area contributed by atoms with Crippen molar-refractivity contribution in [2.75, 3.05) is 50.5 Å². The molecule has 2 aliphatic heterocycles. The van der Waals surface area contributed by atoms with E-state index in [9.17, 15) is 21.6 Å². The molecule has 0 aromatic heterocycles. The molecule has 0 spiro atoms. The molecule has 2 atom stereocenters. The van der Waals surface area contributed by atoms with Gasteiger partial charge in [-0.15, -0.1) is 0 Å². The average molecular weight is 431 g/mol. The minimum absolute atomic E-state index is 0.0532. The summed E-state index contributed by atoms with van der Waals surface area (Å²) in [6, 6.07) is 5.32.